The van der Waals surface area contributed by atoms with Gasteiger partial charge in [-0.2, -0.15) is 11.8 Å². The van der Waals surface area contributed by atoms with Crippen LogP contribution in [0.3, 0.4) is 0 Å². The minimum absolute atomic E-state index is 0.196. The van der Waals surface area contributed by atoms with E-state index in [2.05, 4.69) is 5.32 Å². The molecule has 22 heavy (non-hydrogen) atoms. The number of nitrogens with one attached hydrogen (secondary N) is 1. The van der Waals surface area contributed by atoms with Crippen molar-refractivity contribution in [3.63, 3.8) is 0 Å². The summed E-state index contributed by atoms with van der Waals surface area (Å²) in [5.74, 6) is -0.829. The number of carbonyl (C=O) groups excluding carboxylic acids is 1. The fourth-order valence-corrected chi connectivity index (χ4v) is 2.55. The van der Waals surface area contributed by atoms with Gasteiger partial charge in [0.15, 0.2) is 6.61 Å². The Morgan fingerprint density at radius 3 is 2.50 bits per heavy atom. The van der Waals surface area contributed by atoms with E-state index in [4.69, 9.17) is 44.6 Å². The first kappa shape index (κ1) is 19.2. The highest BCUT2D eigenvalue weighted by Crippen LogP contribution is 2.33. The van der Waals surface area contributed by atoms with E-state index in [9.17, 15) is 9.59 Å². The van der Waals surface area contributed by atoms with Crippen molar-refractivity contribution in [1.29, 1.82) is 0 Å². The zero-order chi connectivity index (χ0) is 16.7. The fraction of sp³-hybridized carbons (Fsp3) is 0.385. The molecule has 0 radical (unpaired) electrons. The first-order valence-electron chi connectivity index (χ1n) is 6.13. The van der Waals surface area contributed by atoms with Crippen LogP contribution in [0, 0.1) is 0 Å². The number of thioether (sulfide) groups is 1. The maximum absolute atomic E-state index is 11.7. The lowest BCUT2D eigenvalue weighted by atomic mass is 10.2. The third-order valence-corrected chi connectivity index (χ3v) is 4.24. The second-order valence-corrected chi connectivity index (χ2v) is 6.43. The Labute approximate surface area is 147 Å². The van der Waals surface area contributed by atoms with Crippen molar-refractivity contribution >= 4 is 58.4 Å². The highest BCUT2D eigenvalue weighted by atomic mass is 35.5. The number of aliphatic carboxylic acids is 1. The standard InChI is InChI=1S/C13H14Cl3NO4S/c1-22-3-2-10(13(19)20)17-12(18)6-21-11-5-8(15)7(14)4-9(11)16/h4-5,10H,2-3,6H2,1H3,(H,17,18)(H,19,20)/t10-/m1/s1. The summed E-state index contributed by atoms with van der Waals surface area (Å²) < 4.78 is 5.23. The number of benzene rings is 1. The van der Waals surface area contributed by atoms with Crippen molar-refractivity contribution in [3.05, 3.63) is 27.2 Å². The summed E-state index contributed by atoms with van der Waals surface area (Å²) in [6, 6.07) is 1.84. The molecule has 0 aromatic heterocycles. The molecule has 0 heterocycles. The van der Waals surface area contributed by atoms with E-state index in [1.165, 1.54) is 23.9 Å². The summed E-state index contributed by atoms with van der Waals surface area (Å²) in [6.45, 7) is -0.374. The Balaban J connectivity index is 2.58. The molecule has 2 N–H and O–H groups in total. The van der Waals surface area contributed by atoms with Crippen LogP contribution in [0.25, 0.3) is 0 Å². The maximum Gasteiger partial charge on any atom is 0.326 e. The summed E-state index contributed by atoms with van der Waals surface area (Å²) in [4.78, 5) is 22.8. The van der Waals surface area contributed by atoms with Crippen molar-refractivity contribution < 1.29 is 19.4 Å². The third-order valence-electron chi connectivity index (χ3n) is 2.58. The van der Waals surface area contributed by atoms with Gasteiger partial charge in [-0.05, 0) is 24.5 Å². The molecule has 0 saturated carbocycles. The average Bonchev–Trinajstić information content (AvgIpc) is 2.45. The maximum atomic E-state index is 11.7. The van der Waals surface area contributed by atoms with Crippen LogP contribution in [0.5, 0.6) is 5.75 Å². The highest BCUT2D eigenvalue weighted by molar-refractivity contribution is 7.98. The third kappa shape index (κ3) is 6.12. The summed E-state index contributed by atoms with van der Waals surface area (Å²) in [6.07, 6.45) is 2.19. The Morgan fingerprint density at radius 2 is 1.91 bits per heavy atom. The quantitative estimate of drug-likeness (QED) is 0.670. The van der Waals surface area contributed by atoms with Gasteiger partial charge in [0.2, 0.25) is 0 Å². The minimum atomic E-state index is -1.09. The number of hydrogen-bond acceptors (Lipinski definition) is 4. The Hall–Kier alpha value is -0.820. The van der Waals surface area contributed by atoms with Gasteiger partial charge in [0.05, 0.1) is 15.1 Å². The number of carboxylic acids is 1. The molecule has 0 unspecified atom stereocenters. The molecule has 0 aliphatic carbocycles. The smallest absolute Gasteiger partial charge is 0.326 e. The minimum Gasteiger partial charge on any atom is -0.482 e. The molecule has 5 nitrogen and oxygen atoms in total. The van der Waals surface area contributed by atoms with Crippen molar-refractivity contribution in [2.45, 2.75) is 12.5 Å². The second-order valence-electron chi connectivity index (χ2n) is 4.23. The van der Waals surface area contributed by atoms with Gasteiger partial charge >= 0.3 is 5.97 Å². The van der Waals surface area contributed by atoms with Crippen molar-refractivity contribution in [1.82, 2.24) is 5.32 Å². The van der Waals surface area contributed by atoms with Gasteiger partial charge in [-0.25, -0.2) is 4.79 Å². The molecule has 0 bridgehead atoms. The molecule has 1 atom stereocenters. The molecule has 122 valence electrons. The highest BCUT2D eigenvalue weighted by Gasteiger charge is 2.19. The SMILES string of the molecule is CSCC[C@@H](NC(=O)COc1cc(Cl)c(Cl)cc1Cl)C(=O)O. The van der Waals surface area contributed by atoms with Gasteiger partial charge in [0, 0.05) is 6.07 Å². The number of halogens is 3. The molecule has 1 rings (SSSR count). The van der Waals surface area contributed by atoms with Crippen LogP contribution in [0.2, 0.25) is 15.1 Å². The van der Waals surface area contributed by atoms with Gasteiger partial charge in [0.1, 0.15) is 11.8 Å². The molecule has 9 heteroatoms. The fourth-order valence-electron chi connectivity index (χ4n) is 1.49. The molecule has 1 aromatic rings. The summed E-state index contributed by atoms with van der Waals surface area (Å²) in [5, 5.41) is 12.1. The van der Waals surface area contributed by atoms with E-state index in [0.717, 1.165) is 0 Å². The van der Waals surface area contributed by atoms with Crippen LogP contribution in [0.15, 0.2) is 12.1 Å². The molecular formula is C13H14Cl3NO4S. The van der Waals surface area contributed by atoms with Crippen LogP contribution in [0.4, 0.5) is 0 Å². The molecule has 0 aliphatic heterocycles. The summed E-state index contributed by atoms with van der Waals surface area (Å²) >= 11 is 19.0. The number of ether oxygens (including phenoxy) is 1. The molecule has 0 spiro atoms. The number of carboxylic acid groups (broad SMARTS) is 1. The Kier molecular flexibility index (Phi) is 8.17. The van der Waals surface area contributed by atoms with Crippen LogP contribution >= 0.6 is 46.6 Å². The number of hydrogen-bond donors (Lipinski definition) is 2. The van der Waals surface area contributed by atoms with E-state index in [1.54, 1.807) is 0 Å². The van der Waals surface area contributed by atoms with Crippen molar-refractivity contribution in [3.8, 4) is 5.75 Å². The van der Waals surface area contributed by atoms with Gasteiger partial charge < -0.3 is 15.2 Å². The number of rotatable bonds is 8. The molecular weight excluding hydrogens is 373 g/mol. The first-order chi connectivity index (χ1) is 10.3. The van der Waals surface area contributed by atoms with Crippen molar-refractivity contribution in [2.24, 2.45) is 0 Å². The van der Waals surface area contributed by atoms with Gasteiger partial charge in [-0.15, -0.1) is 0 Å². The van der Waals surface area contributed by atoms with E-state index in [0.29, 0.717) is 12.2 Å². The lowest BCUT2D eigenvalue weighted by Crippen LogP contribution is -2.43. The van der Waals surface area contributed by atoms with Crippen LogP contribution < -0.4 is 10.1 Å². The predicted octanol–water partition coefficient (Wildman–Crippen LogP) is 3.35. The van der Waals surface area contributed by atoms with Crippen LogP contribution in [-0.4, -0.2) is 41.6 Å². The normalized spacial score (nSPS) is 11.8. The zero-order valence-corrected chi connectivity index (χ0v) is 14.7. The molecule has 1 aromatic carbocycles. The molecule has 1 amide bonds. The van der Waals surface area contributed by atoms with Crippen LogP contribution in [0.1, 0.15) is 6.42 Å². The number of amides is 1. The first-order valence-corrected chi connectivity index (χ1v) is 8.66. The Bertz CT molecular complexity index is 556. The molecule has 0 saturated heterocycles. The molecule has 0 fully saturated rings. The van der Waals surface area contributed by atoms with Gasteiger partial charge in [0.25, 0.3) is 5.91 Å². The molecule has 0 aliphatic rings. The zero-order valence-electron chi connectivity index (χ0n) is 11.6. The largest absolute Gasteiger partial charge is 0.482 e. The van der Waals surface area contributed by atoms with E-state index >= 15 is 0 Å². The van der Waals surface area contributed by atoms with E-state index in [-0.39, 0.29) is 27.4 Å². The summed E-state index contributed by atoms with van der Waals surface area (Å²) in [7, 11) is 0. The second kappa shape index (κ2) is 9.35. The topological polar surface area (TPSA) is 75.6 Å². The monoisotopic (exact) mass is 385 g/mol. The lowest BCUT2D eigenvalue weighted by molar-refractivity contribution is -0.142. The van der Waals surface area contributed by atoms with Gasteiger partial charge in [-0.1, -0.05) is 34.8 Å². The lowest BCUT2D eigenvalue weighted by Gasteiger charge is -2.14. The van der Waals surface area contributed by atoms with Gasteiger partial charge in [-0.3, -0.25) is 4.79 Å². The van der Waals surface area contributed by atoms with E-state index in [1.807, 2.05) is 6.26 Å². The summed E-state index contributed by atoms with van der Waals surface area (Å²) in [5.41, 5.74) is 0. The van der Waals surface area contributed by atoms with Crippen LogP contribution in [-0.2, 0) is 9.59 Å². The predicted molar refractivity (Wildman–Crippen MR) is 89.5 cm³/mol. The average molecular weight is 387 g/mol. The Morgan fingerprint density at radius 1 is 1.27 bits per heavy atom. The number of carbonyl (C=O) groups is 2. The van der Waals surface area contributed by atoms with E-state index < -0.39 is 17.9 Å². The van der Waals surface area contributed by atoms with Crippen molar-refractivity contribution in [2.75, 3.05) is 18.6 Å².